The summed E-state index contributed by atoms with van der Waals surface area (Å²) in [7, 11) is 0. The van der Waals surface area contributed by atoms with Crippen molar-refractivity contribution in [1.29, 1.82) is 0 Å². The van der Waals surface area contributed by atoms with Crippen molar-refractivity contribution < 1.29 is 8.78 Å². The SMILES string of the molecule is FC(F)n1ccnc1CNC1CCN2CCCC2C1. The highest BCUT2D eigenvalue weighted by molar-refractivity contribution is 4.95. The maximum Gasteiger partial charge on any atom is 0.319 e. The molecule has 106 valence electrons. The van der Waals surface area contributed by atoms with E-state index >= 15 is 0 Å². The third kappa shape index (κ3) is 2.79. The van der Waals surface area contributed by atoms with Crippen LogP contribution in [0.5, 0.6) is 0 Å². The Balaban J connectivity index is 1.53. The second-order valence-electron chi connectivity index (χ2n) is 5.46. The van der Waals surface area contributed by atoms with Crippen molar-refractivity contribution in [3.05, 3.63) is 18.2 Å². The zero-order chi connectivity index (χ0) is 13.2. The molecule has 0 spiro atoms. The highest BCUT2D eigenvalue weighted by Gasteiger charge is 2.31. The Labute approximate surface area is 111 Å². The van der Waals surface area contributed by atoms with Crippen molar-refractivity contribution in [1.82, 2.24) is 19.8 Å². The quantitative estimate of drug-likeness (QED) is 0.908. The molecule has 4 nitrogen and oxygen atoms in total. The van der Waals surface area contributed by atoms with Crippen LogP contribution in [0.4, 0.5) is 8.78 Å². The third-order valence-corrected chi connectivity index (χ3v) is 4.33. The minimum absolute atomic E-state index is 0.420. The van der Waals surface area contributed by atoms with Crippen molar-refractivity contribution in [2.24, 2.45) is 0 Å². The first kappa shape index (κ1) is 13.0. The van der Waals surface area contributed by atoms with Crippen LogP contribution in [0.2, 0.25) is 0 Å². The van der Waals surface area contributed by atoms with Gasteiger partial charge in [0.25, 0.3) is 0 Å². The second kappa shape index (κ2) is 5.54. The molecule has 2 aliphatic heterocycles. The average molecular weight is 270 g/mol. The van der Waals surface area contributed by atoms with E-state index in [4.69, 9.17) is 0 Å². The Kier molecular flexibility index (Phi) is 3.79. The van der Waals surface area contributed by atoms with Crippen LogP contribution in [-0.4, -0.2) is 39.6 Å². The van der Waals surface area contributed by atoms with Gasteiger partial charge in [-0.25, -0.2) is 4.98 Å². The molecule has 1 N–H and O–H groups in total. The Morgan fingerprint density at radius 1 is 1.37 bits per heavy atom. The Morgan fingerprint density at radius 3 is 3.11 bits per heavy atom. The van der Waals surface area contributed by atoms with Gasteiger partial charge in [0.15, 0.2) is 0 Å². The van der Waals surface area contributed by atoms with Crippen molar-refractivity contribution in [3.8, 4) is 0 Å². The first-order chi connectivity index (χ1) is 9.24. The van der Waals surface area contributed by atoms with Crippen LogP contribution in [0.3, 0.4) is 0 Å². The highest BCUT2D eigenvalue weighted by atomic mass is 19.3. The summed E-state index contributed by atoms with van der Waals surface area (Å²) in [6.45, 7) is 0.282. The predicted molar refractivity (Wildman–Crippen MR) is 67.9 cm³/mol. The zero-order valence-corrected chi connectivity index (χ0v) is 10.9. The van der Waals surface area contributed by atoms with E-state index in [2.05, 4.69) is 15.2 Å². The van der Waals surface area contributed by atoms with Gasteiger partial charge in [-0.05, 0) is 38.8 Å². The molecule has 2 atom stereocenters. The molecular weight excluding hydrogens is 250 g/mol. The molecule has 2 aliphatic rings. The first-order valence-corrected chi connectivity index (χ1v) is 7.01. The molecule has 1 aromatic rings. The smallest absolute Gasteiger partial charge is 0.307 e. The summed E-state index contributed by atoms with van der Waals surface area (Å²) in [6.07, 6.45) is 7.59. The molecule has 0 radical (unpaired) electrons. The van der Waals surface area contributed by atoms with Gasteiger partial charge in [0.2, 0.25) is 0 Å². The molecule has 19 heavy (non-hydrogen) atoms. The summed E-state index contributed by atoms with van der Waals surface area (Å²) in [6, 6.07) is 1.13. The fraction of sp³-hybridized carbons (Fsp3) is 0.769. The van der Waals surface area contributed by atoms with Crippen molar-refractivity contribution in [3.63, 3.8) is 0 Å². The summed E-state index contributed by atoms with van der Waals surface area (Å²) in [5.41, 5.74) is 0. The Hall–Kier alpha value is -1.01. The van der Waals surface area contributed by atoms with E-state index in [0.717, 1.165) is 24.0 Å². The number of hydrogen-bond donors (Lipinski definition) is 1. The first-order valence-electron chi connectivity index (χ1n) is 7.01. The molecule has 0 amide bonds. The van der Waals surface area contributed by atoms with Gasteiger partial charge >= 0.3 is 6.55 Å². The molecule has 0 aliphatic carbocycles. The minimum atomic E-state index is -2.50. The number of alkyl halides is 2. The lowest BCUT2D eigenvalue weighted by molar-refractivity contribution is 0.0661. The molecule has 1 aromatic heterocycles. The van der Waals surface area contributed by atoms with E-state index in [9.17, 15) is 8.78 Å². The number of nitrogens with zero attached hydrogens (tertiary/aromatic N) is 3. The van der Waals surface area contributed by atoms with Crippen molar-refractivity contribution in [2.75, 3.05) is 13.1 Å². The molecule has 2 saturated heterocycles. The monoisotopic (exact) mass is 270 g/mol. The lowest BCUT2D eigenvalue weighted by Crippen LogP contribution is -2.45. The number of piperidine rings is 1. The van der Waals surface area contributed by atoms with Gasteiger partial charge < -0.3 is 10.2 Å². The summed E-state index contributed by atoms with van der Waals surface area (Å²) in [5, 5.41) is 3.39. The lowest BCUT2D eigenvalue weighted by atomic mass is 9.97. The fourth-order valence-corrected chi connectivity index (χ4v) is 3.30. The number of nitrogens with one attached hydrogen (secondary N) is 1. The zero-order valence-electron chi connectivity index (χ0n) is 10.9. The number of rotatable bonds is 4. The van der Waals surface area contributed by atoms with Gasteiger partial charge in [0.1, 0.15) is 5.82 Å². The van der Waals surface area contributed by atoms with Crippen LogP contribution in [0.15, 0.2) is 12.4 Å². The van der Waals surface area contributed by atoms with Crippen LogP contribution in [0.25, 0.3) is 0 Å². The molecule has 0 bridgehead atoms. The fourth-order valence-electron chi connectivity index (χ4n) is 3.30. The lowest BCUT2D eigenvalue weighted by Gasteiger charge is -2.35. The average Bonchev–Trinajstić information content (AvgIpc) is 3.04. The van der Waals surface area contributed by atoms with Gasteiger partial charge in [-0.1, -0.05) is 0 Å². The van der Waals surface area contributed by atoms with Gasteiger partial charge in [0, 0.05) is 24.5 Å². The topological polar surface area (TPSA) is 33.1 Å². The maximum absolute atomic E-state index is 12.7. The largest absolute Gasteiger partial charge is 0.319 e. The van der Waals surface area contributed by atoms with Crippen LogP contribution in [-0.2, 0) is 6.54 Å². The molecular formula is C13H20F2N4. The van der Waals surface area contributed by atoms with Crippen molar-refractivity contribution in [2.45, 2.75) is 50.9 Å². The molecule has 6 heteroatoms. The van der Waals surface area contributed by atoms with Crippen molar-refractivity contribution >= 4 is 0 Å². The number of fused-ring (bicyclic) bond motifs is 1. The molecule has 3 heterocycles. The summed E-state index contributed by atoms with van der Waals surface area (Å²) >= 11 is 0. The molecule has 3 rings (SSSR count). The van der Waals surface area contributed by atoms with E-state index in [1.54, 1.807) is 0 Å². The second-order valence-corrected chi connectivity index (χ2v) is 5.46. The Bertz CT molecular complexity index is 421. The Morgan fingerprint density at radius 2 is 2.26 bits per heavy atom. The van der Waals surface area contributed by atoms with E-state index in [1.807, 2.05) is 0 Å². The molecule has 2 fully saturated rings. The van der Waals surface area contributed by atoms with E-state index in [-0.39, 0.29) is 0 Å². The summed E-state index contributed by atoms with van der Waals surface area (Å²) < 4.78 is 26.3. The third-order valence-electron chi connectivity index (χ3n) is 4.33. The van der Waals surface area contributed by atoms with Gasteiger partial charge in [-0.3, -0.25) is 4.57 Å². The standard InChI is InChI=1S/C13H20F2N4/c14-13(15)19-7-4-16-12(19)9-17-10-3-6-18-5-1-2-11(18)8-10/h4,7,10-11,13,17H,1-3,5-6,8-9H2. The van der Waals surface area contributed by atoms with Gasteiger partial charge in [-0.2, -0.15) is 8.78 Å². The van der Waals surface area contributed by atoms with Gasteiger partial charge in [-0.15, -0.1) is 0 Å². The van der Waals surface area contributed by atoms with Crippen LogP contribution >= 0.6 is 0 Å². The number of halogens is 2. The number of hydrogen-bond acceptors (Lipinski definition) is 3. The van der Waals surface area contributed by atoms with E-state index < -0.39 is 6.55 Å². The predicted octanol–water partition coefficient (Wildman–Crippen LogP) is 1.99. The summed E-state index contributed by atoms with van der Waals surface area (Å²) in [5.74, 6) is 0.420. The number of imidazole rings is 1. The van der Waals surface area contributed by atoms with Crippen LogP contribution < -0.4 is 5.32 Å². The van der Waals surface area contributed by atoms with E-state index in [1.165, 1.54) is 31.8 Å². The maximum atomic E-state index is 12.7. The highest BCUT2D eigenvalue weighted by Crippen LogP contribution is 2.27. The van der Waals surface area contributed by atoms with E-state index in [0.29, 0.717) is 24.5 Å². The molecule has 2 unspecified atom stereocenters. The van der Waals surface area contributed by atoms with Crippen LogP contribution in [0, 0.1) is 0 Å². The normalized spacial score (nSPS) is 27.9. The van der Waals surface area contributed by atoms with Gasteiger partial charge in [0.05, 0.1) is 6.54 Å². The minimum Gasteiger partial charge on any atom is -0.307 e. The molecule has 0 saturated carbocycles. The molecule has 0 aromatic carbocycles. The van der Waals surface area contributed by atoms with Crippen LogP contribution in [0.1, 0.15) is 38.1 Å². The summed E-state index contributed by atoms with van der Waals surface area (Å²) in [4.78, 5) is 6.55. The number of aromatic nitrogens is 2.